The van der Waals surface area contributed by atoms with E-state index >= 15 is 0 Å². The molecule has 2 aromatic carbocycles. The molecule has 0 aliphatic carbocycles. The summed E-state index contributed by atoms with van der Waals surface area (Å²) in [6, 6.07) is 11.1. The van der Waals surface area contributed by atoms with E-state index in [-0.39, 0.29) is 12.5 Å². The summed E-state index contributed by atoms with van der Waals surface area (Å²) in [7, 11) is 0. The summed E-state index contributed by atoms with van der Waals surface area (Å²) in [5.74, 6) is 0.263. The zero-order valence-electron chi connectivity index (χ0n) is 17.7. The molecule has 1 amide bonds. The van der Waals surface area contributed by atoms with Crippen LogP contribution in [0.1, 0.15) is 13.8 Å². The van der Waals surface area contributed by atoms with Gasteiger partial charge in [0.05, 0.1) is 15.2 Å². The minimum atomic E-state index is -0.165. The number of rotatable bonds is 10. The first-order chi connectivity index (χ1) is 14.9. The van der Waals surface area contributed by atoms with Crippen molar-refractivity contribution in [3.8, 4) is 5.75 Å². The van der Waals surface area contributed by atoms with Gasteiger partial charge >= 0.3 is 0 Å². The molecule has 0 atom stereocenters. The van der Waals surface area contributed by atoms with Gasteiger partial charge in [0.2, 0.25) is 0 Å². The van der Waals surface area contributed by atoms with Crippen molar-refractivity contribution >= 4 is 67.6 Å². The Morgan fingerprint density at radius 2 is 1.90 bits per heavy atom. The van der Waals surface area contributed by atoms with Crippen molar-refractivity contribution in [2.24, 2.45) is 0 Å². The molecule has 1 heterocycles. The van der Waals surface area contributed by atoms with E-state index in [1.54, 1.807) is 34.9 Å². The molecule has 0 aliphatic rings. The minimum absolute atomic E-state index is 0.133. The Bertz CT molecular complexity index is 1040. The molecule has 3 aromatic rings. The summed E-state index contributed by atoms with van der Waals surface area (Å²) in [6.45, 7) is 7.23. The maximum Gasteiger partial charge on any atom is 0.266 e. The summed E-state index contributed by atoms with van der Waals surface area (Å²) >= 11 is 15.3. The second-order valence-corrected chi connectivity index (χ2v) is 9.50. The first-order valence-corrected chi connectivity index (χ1v) is 12.8. The normalized spacial score (nSPS) is 11.3. The predicted octanol–water partition coefficient (Wildman–Crippen LogP) is 6.08. The maximum atomic E-state index is 13.2. The molecule has 0 unspecified atom stereocenters. The standard InChI is InChI=1S/C22H25Cl2N3O2S2/c1-4-26(5-2)10-11-27(21(28)14-29-19-9-6-15(23)12-17(19)24)22-25-18-8-7-16(30-3)13-20(18)31-22/h6-9,12-13H,4-5,10-11,14H2,1-3H3. The van der Waals surface area contributed by atoms with Crippen molar-refractivity contribution in [2.45, 2.75) is 18.7 Å². The SMILES string of the molecule is CCN(CC)CCN(C(=O)COc1ccc(Cl)cc1Cl)c1nc2ccc(SC)cc2s1. The van der Waals surface area contributed by atoms with Gasteiger partial charge in [0.15, 0.2) is 11.7 Å². The van der Waals surface area contributed by atoms with Gasteiger partial charge in [0, 0.05) is 23.0 Å². The van der Waals surface area contributed by atoms with Crippen LogP contribution in [0.4, 0.5) is 5.13 Å². The molecule has 0 spiro atoms. The number of amides is 1. The summed E-state index contributed by atoms with van der Waals surface area (Å²) < 4.78 is 6.76. The number of likely N-dealkylation sites (N-methyl/N-ethyl adjacent to an activating group) is 1. The highest BCUT2D eigenvalue weighted by molar-refractivity contribution is 7.98. The second-order valence-electron chi connectivity index (χ2n) is 6.77. The van der Waals surface area contributed by atoms with Crippen LogP contribution in [0.2, 0.25) is 10.0 Å². The van der Waals surface area contributed by atoms with Gasteiger partial charge in [-0.25, -0.2) is 4.98 Å². The van der Waals surface area contributed by atoms with Crippen LogP contribution in [0.5, 0.6) is 5.75 Å². The smallest absolute Gasteiger partial charge is 0.266 e. The fraction of sp³-hybridized carbons (Fsp3) is 0.364. The van der Waals surface area contributed by atoms with E-state index < -0.39 is 0 Å². The molecule has 1 aromatic heterocycles. The van der Waals surface area contributed by atoms with E-state index in [2.05, 4.69) is 24.8 Å². The summed E-state index contributed by atoms with van der Waals surface area (Å²) in [4.78, 5) is 23.0. The topological polar surface area (TPSA) is 45.7 Å². The van der Waals surface area contributed by atoms with E-state index in [1.165, 1.54) is 16.2 Å². The number of carbonyl (C=O) groups is 1. The van der Waals surface area contributed by atoms with Crippen LogP contribution in [0.15, 0.2) is 41.3 Å². The Morgan fingerprint density at radius 3 is 2.58 bits per heavy atom. The maximum absolute atomic E-state index is 13.2. The number of thiazole rings is 1. The minimum Gasteiger partial charge on any atom is -0.482 e. The van der Waals surface area contributed by atoms with E-state index in [4.69, 9.17) is 32.9 Å². The Kier molecular flexibility index (Phi) is 8.86. The second kappa shape index (κ2) is 11.4. The van der Waals surface area contributed by atoms with E-state index in [0.29, 0.717) is 27.5 Å². The van der Waals surface area contributed by atoms with Crippen molar-refractivity contribution in [3.63, 3.8) is 0 Å². The third kappa shape index (κ3) is 6.26. The molecule has 0 radical (unpaired) electrons. The lowest BCUT2D eigenvalue weighted by Gasteiger charge is -2.24. The zero-order chi connectivity index (χ0) is 22.4. The molecule has 0 fully saturated rings. The molecule has 3 rings (SSSR count). The number of hydrogen-bond donors (Lipinski definition) is 0. The number of anilines is 1. The molecule has 0 bridgehead atoms. The Morgan fingerprint density at radius 1 is 1.13 bits per heavy atom. The van der Waals surface area contributed by atoms with E-state index in [1.807, 2.05) is 18.4 Å². The monoisotopic (exact) mass is 497 g/mol. The Labute approximate surface area is 201 Å². The van der Waals surface area contributed by atoms with Gasteiger partial charge in [0.25, 0.3) is 5.91 Å². The van der Waals surface area contributed by atoms with Crippen LogP contribution in [0.3, 0.4) is 0 Å². The number of thioether (sulfide) groups is 1. The molecule has 31 heavy (non-hydrogen) atoms. The van der Waals surface area contributed by atoms with Crippen molar-refractivity contribution in [2.75, 3.05) is 43.9 Å². The van der Waals surface area contributed by atoms with Gasteiger partial charge in [-0.15, -0.1) is 11.8 Å². The lowest BCUT2D eigenvalue weighted by Crippen LogP contribution is -2.41. The molecule has 0 aliphatic heterocycles. The van der Waals surface area contributed by atoms with Crippen molar-refractivity contribution < 1.29 is 9.53 Å². The number of benzene rings is 2. The van der Waals surface area contributed by atoms with Gasteiger partial charge in [-0.1, -0.05) is 48.4 Å². The fourth-order valence-corrected chi connectivity index (χ4v) is 5.08. The molecule has 166 valence electrons. The summed E-state index contributed by atoms with van der Waals surface area (Å²) in [5.41, 5.74) is 0.889. The van der Waals surface area contributed by atoms with Crippen LogP contribution in [-0.2, 0) is 4.79 Å². The van der Waals surface area contributed by atoms with Crippen LogP contribution in [0.25, 0.3) is 10.2 Å². The average molecular weight is 499 g/mol. The lowest BCUT2D eigenvalue weighted by atomic mass is 10.3. The highest BCUT2D eigenvalue weighted by Crippen LogP contribution is 2.32. The fourth-order valence-electron chi connectivity index (χ4n) is 3.05. The highest BCUT2D eigenvalue weighted by atomic mass is 35.5. The average Bonchev–Trinajstić information content (AvgIpc) is 3.18. The third-order valence-corrected chi connectivity index (χ3v) is 7.19. The van der Waals surface area contributed by atoms with Gasteiger partial charge < -0.3 is 9.64 Å². The van der Waals surface area contributed by atoms with Gasteiger partial charge in [-0.05, 0) is 55.7 Å². The first-order valence-electron chi connectivity index (χ1n) is 10.00. The third-order valence-electron chi connectivity index (χ3n) is 4.90. The number of nitrogens with zero attached hydrogens (tertiary/aromatic N) is 3. The van der Waals surface area contributed by atoms with Crippen LogP contribution >= 0.6 is 46.3 Å². The molecule has 9 heteroatoms. The number of hydrogen-bond acceptors (Lipinski definition) is 6. The van der Waals surface area contributed by atoms with E-state index in [9.17, 15) is 4.79 Å². The number of fused-ring (bicyclic) bond motifs is 1. The van der Waals surface area contributed by atoms with Crippen molar-refractivity contribution in [3.05, 3.63) is 46.4 Å². The van der Waals surface area contributed by atoms with Crippen molar-refractivity contribution in [1.82, 2.24) is 9.88 Å². The molecular formula is C22H25Cl2N3O2S2. The van der Waals surface area contributed by atoms with Crippen molar-refractivity contribution in [1.29, 1.82) is 0 Å². The first kappa shape index (κ1) is 24.1. The number of carbonyl (C=O) groups excluding carboxylic acids is 1. The van der Waals surface area contributed by atoms with Crippen LogP contribution in [-0.4, -0.2) is 54.8 Å². The molecular weight excluding hydrogens is 473 g/mol. The molecule has 0 N–H and O–H groups in total. The largest absolute Gasteiger partial charge is 0.482 e. The summed E-state index contributed by atoms with van der Waals surface area (Å²) in [6.07, 6.45) is 2.04. The molecule has 0 saturated heterocycles. The van der Waals surface area contributed by atoms with Gasteiger partial charge in [-0.2, -0.15) is 0 Å². The van der Waals surface area contributed by atoms with Gasteiger partial charge in [0.1, 0.15) is 5.75 Å². The lowest BCUT2D eigenvalue weighted by molar-refractivity contribution is -0.120. The zero-order valence-corrected chi connectivity index (χ0v) is 20.9. The number of aromatic nitrogens is 1. The quantitative estimate of drug-likeness (QED) is 0.317. The number of halogens is 2. The number of ether oxygens (including phenoxy) is 1. The molecule has 0 saturated carbocycles. The Balaban J connectivity index is 1.82. The Hall–Kier alpha value is -1.51. The summed E-state index contributed by atoms with van der Waals surface area (Å²) in [5, 5.41) is 1.57. The highest BCUT2D eigenvalue weighted by Gasteiger charge is 2.21. The molecule has 5 nitrogen and oxygen atoms in total. The predicted molar refractivity (Wildman–Crippen MR) is 133 cm³/mol. The van der Waals surface area contributed by atoms with Crippen LogP contribution < -0.4 is 9.64 Å². The van der Waals surface area contributed by atoms with Gasteiger partial charge in [-0.3, -0.25) is 9.69 Å². The van der Waals surface area contributed by atoms with E-state index in [0.717, 1.165) is 29.9 Å². The van der Waals surface area contributed by atoms with Crippen LogP contribution in [0, 0.1) is 0 Å².